The van der Waals surface area contributed by atoms with Crippen LogP contribution in [-0.2, 0) is 65.4 Å². The molecule has 17 nitrogen and oxygen atoms in total. The molecule has 0 rings (SSSR count). The normalized spacial score (nSPS) is 14.6. The van der Waals surface area contributed by atoms with Crippen molar-refractivity contribution in [2.24, 2.45) is 11.8 Å². The summed E-state index contributed by atoms with van der Waals surface area (Å²) in [7, 11) is -9.91. The second kappa shape index (κ2) is 62.6. The van der Waals surface area contributed by atoms with E-state index in [1.165, 1.54) is 135 Å². The Bertz CT molecular complexity index is 1850. The van der Waals surface area contributed by atoms with Crippen LogP contribution in [0, 0.1) is 11.8 Å². The standard InChI is InChI=1S/C71H134O17P2/c1-7-10-12-14-16-18-20-22-23-25-27-31-35-43-49-55-70(75)87-66(59-81-68(73)53-47-41-34-30-26-24-21-19-17-15-13-11-8-2)61-85-89(77,78)83-57-65(72)58-84-90(79,80)86-62-67(60-82-69(74)54-48-42-38-37-40-46-52-64(6)9-3)88-71(76)56-50-44-36-32-28-29-33-39-45-51-63(4)5/h18,20,22-23,63-67,72H,7-17,19,21,24-62H2,1-6H3,(H,77,78)(H,79,80)/b20-18-,23-22-/t64?,65-,66-,67-/m1/s1. The number of ether oxygens (including phenoxy) is 4. The molecule has 0 radical (unpaired) electrons. The van der Waals surface area contributed by atoms with Crippen LogP contribution in [0.15, 0.2) is 24.3 Å². The molecule has 0 aromatic rings. The van der Waals surface area contributed by atoms with Crippen LogP contribution in [0.5, 0.6) is 0 Å². The minimum Gasteiger partial charge on any atom is -0.462 e. The van der Waals surface area contributed by atoms with Gasteiger partial charge in [0.15, 0.2) is 12.2 Å². The maximum absolute atomic E-state index is 13.0. The molecule has 0 bridgehead atoms. The van der Waals surface area contributed by atoms with Gasteiger partial charge in [-0.2, -0.15) is 0 Å². The Morgan fingerprint density at radius 2 is 0.656 bits per heavy atom. The number of allylic oxidation sites excluding steroid dienone is 4. The topological polar surface area (TPSA) is 237 Å². The van der Waals surface area contributed by atoms with E-state index in [-0.39, 0.29) is 25.7 Å². The molecule has 0 aliphatic heterocycles. The van der Waals surface area contributed by atoms with E-state index >= 15 is 0 Å². The molecular weight excluding hydrogens is 1190 g/mol. The van der Waals surface area contributed by atoms with Gasteiger partial charge in [-0.1, -0.05) is 284 Å². The van der Waals surface area contributed by atoms with Crippen LogP contribution in [0.3, 0.4) is 0 Å². The summed E-state index contributed by atoms with van der Waals surface area (Å²) < 4.78 is 68.3. The molecule has 90 heavy (non-hydrogen) atoms. The quantitative estimate of drug-likeness (QED) is 0.0169. The molecule has 0 saturated carbocycles. The maximum Gasteiger partial charge on any atom is 0.472 e. The van der Waals surface area contributed by atoms with Crippen molar-refractivity contribution in [1.82, 2.24) is 0 Å². The molecule has 0 aliphatic carbocycles. The summed E-state index contributed by atoms with van der Waals surface area (Å²) in [5.41, 5.74) is 0. The molecule has 0 spiro atoms. The predicted octanol–water partition coefficient (Wildman–Crippen LogP) is 19.9. The Morgan fingerprint density at radius 1 is 0.367 bits per heavy atom. The molecule has 0 aromatic heterocycles. The lowest BCUT2D eigenvalue weighted by Crippen LogP contribution is -2.30. The van der Waals surface area contributed by atoms with Crippen molar-refractivity contribution in [3.63, 3.8) is 0 Å². The summed E-state index contributed by atoms with van der Waals surface area (Å²) in [4.78, 5) is 72.5. The summed E-state index contributed by atoms with van der Waals surface area (Å²) in [6.07, 6.45) is 50.7. The Kier molecular flexibility index (Phi) is 60.9. The van der Waals surface area contributed by atoms with E-state index < -0.39 is 97.5 Å². The van der Waals surface area contributed by atoms with E-state index in [4.69, 9.17) is 37.0 Å². The van der Waals surface area contributed by atoms with Gasteiger partial charge in [-0.3, -0.25) is 37.3 Å². The van der Waals surface area contributed by atoms with Crippen molar-refractivity contribution < 1.29 is 80.2 Å². The van der Waals surface area contributed by atoms with Crippen LogP contribution in [0.4, 0.5) is 0 Å². The Balaban J connectivity index is 5.30. The number of phosphoric acid groups is 2. The lowest BCUT2D eigenvalue weighted by molar-refractivity contribution is -0.161. The lowest BCUT2D eigenvalue weighted by Gasteiger charge is -2.21. The van der Waals surface area contributed by atoms with E-state index in [0.29, 0.717) is 25.7 Å². The number of unbranched alkanes of at least 4 members (excludes halogenated alkanes) is 34. The van der Waals surface area contributed by atoms with Crippen molar-refractivity contribution in [1.29, 1.82) is 0 Å². The first-order valence-electron chi connectivity index (χ1n) is 36.3. The van der Waals surface area contributed by atoms with Gasteiger partial charge in [0, 0.05) is 25.7 Å². The molecule has 6 atom stereocenters. The molecule has 0 fully saturated rings. The Labute approximate surface area is 548 Å². The first kappa shape index (κ1) is 87.5. The number of carbonyl (C=O) groups excluding carboxylic acids is 4. The van der Waals surface area contributed by atoms with Gasteiger partial charge < -0.3 is 33.8 Å². The molecule has 0 heterocycles. The van der Waals surface area contributed by atoms with Gasteiger partial charge in [0.2, 0.25) is 0 Å². The van der Waals surface area contributed by atoms with Crippen molar-refractivity contribution in [2.75, 3.05) is 39.6 Å². The smallest absolute Gasteiger partial charge is 0.462 e. The fourth-order valence-electron chi connectivity index (χ4n) is 10.2. The number of hydrogen-bond donors (Lipinski definition) is 3. The number of carbonyl (C=O) groups is 4. The molecule has 530 valence electrons. The van der Waals surface area contributed by atoms with Crippen molar-refractivity contribution in [3.05, 3.63) is 24.3 Å². The highest BCUT2D eigenvalue weighted by molar-refractivity contribution is 7.47. The van der Waals surface area contributed by atoms with Crippen molar-refractivity contribution in [2.45, 2.75) is 355 Å². The Hall–Kier alpha value is -2.46. The van der Waals surface area contributed by atoms with Gasteiger partial charge in [0.05, 0.1) is 26.4 Å². The Morgan fingerprint density at radius 3 is 1.00 bits per heavy atom. The number of aliphatic hydroxyl groups is 1. The van der Waals surface area contributed by atoms with Gasteiger partial charge in [-0.15, -0.1) is 0 Å². The second-order valence-electron chi connectivity index (χ2n) is 25.7. The van der Waals surface area contributed by atoms with Gasteiger partial charge in [0.25, 0.3) is 0 Å². The zero-order valence-electron chi connectivity index (χ0n) is 57.9. The third-order valence-electron chi connectivity index (χ3n) is 16.2. The molecule has 0 aliphatic rings. The largest absolute Gasteiger partial charge is 0.472 e. The molecule has 0 amide bonds. The maximum atomic E-state index is 13.0. The summed E-state index contributed by atoms with van der Waals surface area (Å²) in [5.74, 6) is -0.691. The first-order valence-corrected chi connectivity index (χ1v) is 39.3. The summed E-state index contributed by atoms with van der Waals surface area (Å²) in [5, 5.41) is 10.6. The molecule has 0 saturated heterocycles. The van der Waals surface area contributed by atoms with Crippen LogP contribution in [0.25, 0.3) is 0 Å². The van der Waals surface area contributed by atoms with E-state index in [0.717, 1.165) is 121 Å². The van der Waals surface area contributed by atoms with Crippen LogP contribution in [0.2, 0.25) is 0 Å². The SMILES string of the molecule is CCCCCC/C=C\C=C/CCCCCCCC(=O)O[C@H](COC(=O)CCCCCCCCCCCCCCC)COP(=O)(O)OC[C@@H](O)COP(=O)(O)OC[C@@H](COC(=O)CCCCCCCCC(C)CC)OC(=O)CCCCCCCCCCCC(C)C. The lowest BCUT2D eigenvalue weighted by atomic mass is 10.00. The average Bonchev–Trinajstić information content (AvgIpc) is 3.48. The van der Waals surface area contributed by atoms with Crippen LogP contribution in [0.1, 0.15) is 337 Å². The predicted molar refractivity (Wildman–Crippen MR) is 363 cm³/mol. The molecular formula is C71H134O17P2. The minimum atomic E-state index is -4.96. The van der Waals surface area contributed by atoms with Gasteiger partial charge in [-0.05, 0) is 63.2 Å². The fraction of sp³-hybridized carbons (Fsp3) is 0.887. The van der Waals surface area contributed by atoms with E-state index in [9.17, 15) is 43.2 Å². The highest BCUT2D eigenvalue weighted by Crippen LogP contribution is 2.45. The highest BCUT2D eigenvalue weighted by atomic mass is 31.2. The molecule has 3 N–H and O–H groups in total. The molecule has 0 aromatic carbocycles. The van der Waals surface area contributed by atoms with E-state index in [1.807, 2.05) is 0 Å². The number of rotatable bonds is 68. The highest BCUT2D eigenvalue weighted by Gasteiger charge is 2.30. The van der Waals surface area contributed by atoms with Crippen LogP contribution < -0.4 is 0 Å². The summed E-state index contributed by atoms with van der Waals surface area (Å²) in [6, 6.07) is 0. The zero-order valence-corrected chi connectivity index (χ0v) is 59.7. The third-order valence-corrected chi connectivity index (χ3v) is 18.1. The first-order chi connectivity index (χ1) is 43.4. The minimum absolute atomic E-state index is 0.0850. The number of esters is 4. The second-order valence-corrected chi connectivity index (χ2v) is 28.6. The average molecular weight is 1320 g/mol. The fourth-order valence-corrected chi connectivity index (χ4v) is 11.8. The van der Waals surface area contributed by atoms with Crippen LogP contribution >= 0.6 is 15.6 Å². The van der Waals surface area contributed by atoms with Gasteiger partial charge in [-0.25, -0.2) is 9.13 Å². The number of phosphoric ester groups is 2. The zero-order chi connectivity index (χ0) is 66.5. The summed E-state index contributed by atoms with van der Waals surface area (Å²) in [6.45, 7) is 9.42. The number of hydrogen-bond acceptors (Lipinski definition) is 15. The molecule has 3 unspecified atom stereocenters. The monoisotopic (exact) mass is 1320 g/mol. The summed E-state index contributed by atoms with van der Waals surface area (Å²) >= 11 is 0. The van der Waals surface area contributed by atoms with Crippen molar-refractivity contribution >= 4 is 39.5 Å². The van der Waals surface area contributed by atoms with E-state index in [2.05, 4.69) is 65.8 Å². The van der Waals surface area contributed by atoms with Gasteiger partial charge in [0.1, 0.15) is 19.3 Å². The van der Waals surface area contributed by atoms with Gasteiger partial charge >= 0.3 is 39.5 Å². The van der Waals surface area contributed by atoms with Crippen LogP contribution in [-0.4, -0.2) is 96.7 Å². The third kappa shape index (κ3) is 63.0. The molecule has 19 heteroatoms. The van der Waals surface area contributed by atoms with E-state index in [1.54, 1.807) is 0 Å². The number of aliphatic hydroxyl groups excluding tert-OH is 1. The van der Waals surface area contributed by atoms with Crippen molar-refractivity contribution in [3.8, 4) is 0 Å².